The lowest BCUT2D eigenvalue weighted by Crippen LogP contribution is -2.20. The number of hydrogen-bond acceptors (Lipinski definition) is 4. The number of H-pyrrole nitrogens is 1. The lowest BCUT2D eigenvalue weighted by atomic mass is 10.2. The number of nitrogens with one attached hydrogen (secondary N) is 2. The maximum atomic E-state index is 13.1. The van der Waals surface area contributed by atoms with Crippen LogP contribution in [0.25, 0.3) is 0 Å². The molecule has 20 heavy (non-hydrogen) atoms. The van der Waals surface area contributed by atoms with Crippen molar-refractivity contribution in [1.29, 1.82) is 0 Å². The van der Waals surface area contributed by atoms with E-state index in [0.717, 1.165) is 18.2 Å². The van der Waals surface area contributed by atoms with Crippen molar-refractivity contribution < 1.29 is 14.1 Å². The number of hydrogen-bond donors (Lipinski definition) is 2. The van der Waals surface area contributed by atoms with E-state index in [1.165, 1.54) is 18.5 Å². The zero-order chi connectivity index (χ0) is 14.7. The maximum absolute atomic E-state index is 13.1. The molecule has 0 saturated carbocycles. The fraction of sp³-hybridized carbons (Fsp3) is 0. The normalized spacial score (nSPS) is 10.1. The van der Waals surface area contributed by atoms with Crippen molar-refractivity contribution in [3.8, 4) is 0 Å². The van der Waals surface area contributed by atoms with Crippen LogP contribution < -0.4 is 10.7 Å². The van der Waals surface area contributed by atoms with E-state index in [4.69, 9.17) is 0 Å². The maximum Gasteiger partial charge on any atom is 0.306 e. The number of amides is 1. The molecule has 1 aromatic carbocycles. The minimum absolute atomic E-state index is 0.0198. The van der Waals surface area contributed by atoms with E-state index in [1.807, 2.05) is 0 Å². The zero-order valence-corrected chi connectivity index (χ0v) is 9.92. The van der Waals surface area contributed by atoms with Crippen LogP contribution in [0.3, 0.4) is 0 Å². The third kappa shape index (κ3) is 2.69. The molecule has 0 saturated heterocycles. The number of carbonyl (C=O) groups is 1. The molecule has 0 atom stereocenters. The van der Waals surface area contributed by atoms with Gasteiger partial charge in [0, 0.05) is 30.2 Å². The summed E-state index contributed by atoms with van der Waals surface area (Å²) in [7, 11) is 0. The molecule has 1 aromatic heterocycles. The molecule has 0 spiro atoms. The number of carbonyl (C=O) groups excluding carboxylic acids is 1. The van der Waals surface area contributed by atoms with Crippen LogP contribution in [0.5, 0.6) is 0 Å². The molecule has 0 unspecified atom stereocenters. The predicted molar refractivity (Wildman–Crippen MR) is 68.1 cm³/mol. The Bertz CT molecular complexity index is 741. The number of aromatic amines is 1. The van der Waals surface area contributed by atoms with Gasteiger partial charge in [-0.05, 0) is 12.1 Å². The molecule has 0 fully saturated rings. The van der Waals surface area contributed by atoms with Gasteiger partial charge in [-0.1, -0.05) is 0 Å². The molecule has 2 N–H and O–H groups in total. The van der Waals surface area contributed by atoms with Crippen LogP contribution in [0, 0.1) is 15.9 Å². The number of halogens is 1. The number of rotatable bonds is 3. The molecule has 2 aromatic rings. The molecular formula is C12H8FN3O4. The second-order valence-corrected chi connectivity index (χ2v) is 3.80. The number of anilines is 1. The lowest BCUT2D eigenvalue weighted by Gasteiger charge is -2.04. The number of benzene rings is 1. The molecule has 0 aliphatic rings. The van der Waals surface area contributed by atoms with Crippen molar-refractivity contribution in [2.75, 3.05) is 5.32 Å². The number of pyridine rings is 1. The molecule has 0 radical (unpaired) electrons. The van der Waals surface area contributed by atoms with Crippen LogP contribution in [-0.2, 0) is 0 Å². The summed E-state index contributed by atoms with van der Waals surface area (Å²) in [4.78, 5) is 35.5. The molecule has 0 bridgehead atoms. The highest BCUT2D eigenvalue weighted by Crippen LogP contribution is 2.21. The monoisotopic (exact) mass is 277 g/mol. The number of aromatic nitrogens is 1. The lowest BCUT2D eigenvalue weighted by molar-refractivity contribution is -0.387. The molecule has 0 aliphatic heterocycles. The van der Waals surface area contributed by atoms with Gasteiger partial charge < -0.3 is 10.3 Å². The van der Waals surface area contributed by atoms with E-state index in [1.54, 1.807) is 0 Å². The van der Waals surface area contributed by atoms with Gasteiger partial charge in [-0.2, -0.15) is 4.39 Å². The molecular weight excluding hydrogens is 269 g/mol. The highest BCUT2D eigenvalue weighted by molar-refractivity contribution is 6.04. The summed E-state index contributed by atoms with van der Waals surface area (Å²) in [5, 5.41) is 12.9. The standard InChI is InChI=1S/C12H8FN3O4/c13-9-2-1-7(5-10(9)16(19)20)15-12(18)8-6-14-4-3-11(8)17/h1-6H,(H,14,17)(H,15,18). The second kappa shape index (κ2) is 5.31. The Morgan fingerprint density at radius 2 is 2.10 bits per heavy atom. The van der Waals surface area contributed by atoms with Gasteiger partial charge in [-0.25, -0.2) is 0 Å². The third-order valence-electron chi connectivity index (χ3n) is 2.47. The SMILES string of the molecule is O=C(Nc1ccc(F)c([N+](=O)[O-])c1)c1c[nH]ccc1=O. The molecule has 8 heteroatoms. The molecule has 2 rings (SSSR count). The molecule has 0 aliphatic carbocycles. The van der Waals surface area contributed by atoms with Crippen molar-refractivity contribution in [3.05, 3.63) is 68.4 Å². The van der Waals surface area contributed by atoms with E-state index in [0.29, 0.717) is 0 Å². The van der Waals surface area contributed by atoms with Crippen LogP contribution in [0.4, 0.5) is 15.8 Å². The Morgan fingerprint density at radius 1 is 1.35 bits per heavy atom. The van der Waals surface area contributed by atoms with Gasteiger partial charge in [0.25, 0.3) is 5.91 Å². The Hall–Kier alpha value is -3.03. The van der Waals surface area contributed by atoms with Crippen molar-refractivity contribution >= 4 is 17.3 Å². The summed E-state index contributed by atoms with van der Waals surface area (Å²) in [5.74, 6) is -1.75. The number of nitrogens with zero attached hydrogens (tertiary/aromatic N) is 1. The minimum Gasteiger partial charge on any atom is -0.367 e. The van der Waals surface area contributed by atoms with Crippen molar-refractivity contribution in [2.45, 2.75) is 0 Å². The van der Waals surface area contributed by atoms with Crippen LogP contribution in [0.1, 0.15) is 10.4 Å². The van der Waals surface area contributed by atoms with Gasteiger partial charge in [0.2, 0.25) is 5.82 Å². The highest BCUT2D eigenvalue weighted by Gasteiger charge is 2.16. The summed E-state index contributed by atoms with van der Waals surface area (Å²) >= 11 is 0. The summed E-state index contributed by atoms with van der Waals surface area (Å²) < 4.78 is 13.1. The van der Waals surface area contributed by atoms with E-state index in [9.17, 15) is 24.1 Å². The predicted octanol–water partition coefficient (Wildman–Crippen LogP) is 1.67. The van der Waals surface area contributed by atoms with Crippen LogP contribution in [-0.4, -0.2) is 15.8 Å². The first kappa shape index (κ1) is 13.4. The number of nitro groups is 1. The van der Waals surface area contributed by atoms with Crippen LogP contribution >= 0.6 is 0 Å². The Kier molecular flexibility index (Phi) is 3.56. The van der Waals surface area contributed by atoms with E-state index in [2.05, 4.69) is 10.3 Å². The first-order valence-corrected chi connectivity index (χ1v) is 5.41. The average molecular weight is 277 g/mol. The Balaban J connectivity index is 2.29. The molecule has 1 amide bonds. The summed E-state index contributed by atoms with van der Waals surface area (Å²) in [6, 6.07) is 4.08. The third-order valence-corrected chi connectivity index (χ3v) is 2.47. The Labute approximate surface area is 111 Å². The Morgan fingerprint density at radius 3 is 2.75 bits per heavy atom. The van der Waals surface area contributed by atoms with Gasteiger partial charge in [0.1, 0.15) is 5.56 Å². The zero-order valence-electron chi connectivity index (χ0n) is 9.92. The molecule has 7 nitrogen and oxygen atoms in total. The quantitative estimate of drug-likeness (QED) is 0.657. The smallest absolute Gasteiger partial charge is 0.306 e. The second-order valence-electron chi connectivity index (χ2n) is 3.80. The summed E-state index contributed by atoms with van der Waals surface area (Å²) in [6.07, 6.45) is 2.57. The number of nitro benzene ring substituents is 1. The first-order chi connectivity index (χ1) is 9.49. The molecule has 102 valence electrons. The van der Waals surface area contributed by atoms with Gasteiger partial charge in [0.05, 0.1) is 4.92 Å². The minimum atomic E-state index is -1.01. The van der Waals surface area contributed by atoms with E-state index >= 15 is 0 Å². The van der Waals surface area contributed by atoms with Gasteiger partial charge in [-0.15, -0.1) is 0 Å². The molecule has 1 heterocycles. The van der Waals surface area contributed by atoms with Gasteiger partial charge >= 0.3 is 5.69 Å². The van der Waals surface area contributed by atoms with Crippen LogP contribution in [0.2, 0.25) is 0 Å². The fourth-order valence-corrected chi connectivity index (χ4v) is 1.52. The van der Waals surface area contributed by atoms with E-state index in [-0.39, 0.29) is 11.3 Å². The van der Waals surface area contributed by atoms with Gasteiger partial charge in [0.15, 0.2) is 5.43 Å². The topological polar surface area (TPSA) is 105 Å². The van der Waals surface area contributed by atoms with E-state index < -0.39 is 27.8 Å². The largest absolute Gasteiger partial charge is 0.367 e. The first-order valence-electron chi connectivity index (χ1n) is 5.41. The average Bonchev–Trinajstić information content (AvgIpc) is 2.41. The fourth-order valence-electron chi connectivity index (χ4n) is 1.52. The summed E-state index contributed by atoms with van der Waals surface area (Å²) in [5.41, 5.74) is -1.39. The van der Waals surface area contributed by atoms with Gasteiger partial charge in [-0.3, -0.25) is 19.7 Å². The van der Waals surface area contributed by atoms with Crippen molar-refractivity contribution in [3.63, 3.8) is 0 Å². The van der Waals surface area contributed by atoms with Crippen LogP contribution in [0.15, 0.2) is 41.5 Å². The highest BCUT2D eigenvalue weighted by atomic mass is 19.1. The van der Waals surface area contributed by atoms with Crippen molar-refractivity contribution in [2.24, 2.45) is 0 Å². The van der Waals surface area contributed by atoms with Crippen molar-refractivity contribution in [1.82, 2.24) is 4.98 Å². The summed E-state index contributed by atoms with van der Waals surface area (Å²) in [6.45, 7) is 0.